The van der Waals surface area contributed by atoms with Crippen LogP contribution >= 0.6 is 0 Å². The number of benzene rings is 1. The van der Waals surface area contributed by atoms with Crippen molar-refractivity contribution in [2.45, 2.75) is 39.0 Å². The van der Waals surface area contributed by atoms with Gasteiger partial charge in [-0.15, -0.1) is 0 Å². The van der Waals surface area contributed by atoms with Gasteiger partial charge < -0.3 is 9.64 Å². The summed E-state index contributed by atoms with van der Waals surface area (Å²) in [5.41, 5.74) is 2.13. The van der Waals surface area contributed by atoms with E-state index in [0.29, 0.717) is 13.1 Å². The molecule has 1 amide bonds. The summed E-state index contributed by atoms with van der Waals surface area (Å²) in [6, 6.07) is 9.75. The molecule has 1 fully saturated rings. The molecule has 0 N–H and O–H groups in total. The first kappa shape index (κ1) is 15.7. The number of morpholine rings is 1. The third-order valence-electron chi connectivity index (χ3n) is 4.19. The molecule has 2 heterocycles. The van der Waals surface area contributed by atoms with Gasteiger partial charge in [-0.25, -0.2) is 0 Å². The highest BCUT2D eigenvalue weighted by Gasteiger charge is 2.29. The molecular weight excluding hydrogens is 290 g/mol. The lowest BCUT2D eigenvalue weighted by molar-refractivity contribution is -0.146. The van der Waals surface area contributed by atoms with Crippen LogP contribution in [0.1, 0.15) is 26.8 Å². The van der Waals surface area contributed by atoms with Crippen molar-refractivity contribution < 1.29 is 9.53 Å². The van der Waals surface area contributed by atoms with Crippen molar-refractivity contribution in [2.75, 3.05) is 13.1 Å². The highest BCUT2D eigenvalue weighted by atomic mass is 16.5. The average Bonchev–Trinajstić information content (AvgIpc) is 3.03. The van der Waals surface area contributed by atoms with E-state index in [1.54, 1.807) is 4.68 Å². The summed E-state index contributed by atoms with van der Waals surface area (Å²) in [6.45, 7) is 7.18. The van der Waals surface area contributed by atoms with E-state index in [1.807, 2.05) is 68.4 Å². The van der Waals surface area contributed by atoms with Gasteiger partial charge in [0.25, 0.3) is 0 Å². The molecule has 0 saturated carbocycles. The van der Waals surface area contributed by atoms with Gasteiger partial charge in [0.1, 0.15) is 6.04 Å². The zero-order valence-corrected chi connectivity index (χ0v) is 13.8. The minimum Gasteiger partial charge on any atom is -0.372 e. The van der Waals surface area contributed by atoms with E-state index in [-0.39, 0.29) is 24.2 Å². The maximum absolute atomic E-state index is 12.7. The van der Waals surface area contributed by atoms with Gasteiger partial charge in [-0.2, -0.15) is 5.10 Å². The molecule has 0 unspecified atom stereocenters. The van der Waals surface area contributed by atoms with Gasteiger partial charge in [-0.3, -0.25) is 9.48 Å². The second-order valence-electron chi connectivity index (χ2n) is 6.25. The first-order chi connectivity index (χ1) is 11.0. The molecule has 0 aliphatic carbocycles. The standard InChI is InChI=1S/C18H23N3O2/c1-13-10-20(11-14(2)23-13)18(22)15(3)21-12-17(9-19-21)16-7-5-4-6-8-16/h4-9,12-15H,10-11H2,1-3H3/t13-,14-,15+/m1/s1. The number of amides is 1. The Morgan fingerprint density at radius 3 is 2.48 bits per heavy atom. The van der Waals surface area contributed by atoms with Crippen molar-refractivity contribution >= 4 is 5.91 Å². The molecule has 5 heteroatoms. The van der Waals surface area contributed by atoms with Gasteiger partial charge in [-0.05, 0) is 26.3 Å². The van der Waals surface area contributed by atoms with Crippen molar-refractivity contribution in [3.8, 4) is 11.1 Å². The maximum Gasteiger partial charge on any atom is 0.247 e. The van der Waals surface area contributed by atoms with E-state index < -0.39 is 0 Å². The minimum absolute atomic E-state index is 0.0763. The van der Waals surface area contributed by atoms with Crippen LogP contribution in [0.3, 0.4) is 0 Å². The van der Waals surface area contributed by atoms with Gasteiger partial charge in [0.05, 0.1) is 18.4 Å². The monoisotopic (exact) mass is 313 g/mol. The summed E-state index contributed by atoms with van der Waals surface area (Å²) >= 11 is 0. The largest absolute Gasteiger partial charge is 0.372 e. The maximum atomic E-state index is 12.7. The number of rotatable bonds is 3. The van der Waals surface area contributed by atoms with E-state index in [4.69, 9.17) is 4.74 Å². The Balaban J connectivity index is 1.74. The van der Waals surface area contributed by atoms with Gasteiger partial charge >= 0.3 is 0 Å². The van der Waals surface area contributed by atoms with Gasteiger partial charge in [0.15, 0.2) is 0 Å². The fourth-order valence-electron chi connectivity index (χ4n) is 3.06. The predicted molar refractivity (Wildman–Crippen MR) is 89.0 cm³/mol. The highest BCUT2D eigenvalue weighted by molar-refractivity contribution is 5.80. The average molecular weight is 313 g/mol. The fraction of sp³-hybridized carbons (Fsp3) is 0.444. The number of carbonyl (C=O) groups excluding carboxylic acids is 1. The second kappa shape index (κ2) is 6.54. The van der Waals surface area contributed by atoms with Gasteiger partial charge in [-0.1, -0.05) is 30.3 Å². The lowest BCUT2D eigenvalue weighted by Crippen LogP contribution is -2.50. The van der Waals surface area contributed by atoms with Crippen LogP contribution in [0.4, 0.5) is 0 Å². The first-order valence-corrected chi connectivity index (χ1v) is 8.08. The van der Waals surface area contributed by atoms with E-state index in [1.165, 1.54) is 0 Å². The van der Waals surface area contributed by atoms with Crippen LogP contribution in [0.25, 0.3) is 11.1 Å². The Kier molecular flexibility index (Phi) is 4.48. The predicted octanol–water partition coefficient (Wildman–Crippen LogP) is 2.75. The summed E-state index contributed by atoms with van der Waals surface area (Å²) in [4.78, 5) is 14.6. The van der Waals surface area contributed by atoms with Crippen molar-refractivity contribution in [1.82, 2.24) is 14.7 Å². The van der Waals surface area contributed by atoms with Crippen LogP contribution in [0.15, 0.2) is 42.7 Å². The lowest BCUT2D eigenvalue weighted by Gasteiger charge is -2.36. The van der Waals surface area contributed by atoms with Crippen LogP contribution in [-0.2, 0) is 9.53 Å². The summed E-state index contributed by atoms with van der Waals surface area (Å²) < 4.78 is 7.44. The van der Waals surface area contributed by atoms with Gasteiger partial charge in [0, 0.05) is 24.8 Å². The van der Waals surface area contributed by atoms with Crippen molar-refractivity contribution in [1.29, 1.82) is 0 Å². The Morgan fingerprint density at radius 1 is 1.17 bits per heavy atom. The molecule has 1 aliphatic rings. The van der Waals surface area contributed by atoms with Crippen LogP contribution < -0.4 is 0 Å². The highest BCUT2D eigenvalue weighted by Crippen LogP contribution is 2.21. The molecule has 23 heavy (non-hydrogen) atoms. The molecule has 2 aromatic rings. The van der Waals surface area contributed by atoms with Crippen molar-refractivity contribution in [2.24, 2.45) is 0 Å². The molecule has 3 rings (SSSR count). The van der Waals surface area contributed by atoms with E-state index in [9.17, 15) is 4.79 Å². The van der Waals surface area contributed by atoms with Gasteiger partial charge in [0.2, 0.25) is 5.91 Å². The topological polar surface area (TPSA) is 47.4 Å². The third kappa shape index (κ3) is 3.45. The van der Waals surface area contributed by atoms with E-state index >= 15 is 0 Å². The lowest BCUT2D eigenvalue weighted by atomic mass is 10.1. The summed E-state index contributed by atoms with van der Waals surface area (Å²) in [6.07, 6.45) is 3.90. The molecule has 0 spiro atoms. The van der Waals surface area contributed by atoms with Crippen LogP contribution in [0.2, 0.25) is 0 Å². The normalized spacial score (nSPS) is 22.8. The molecule has 0 radical (unpaired) electrons. The van der Waals surface area contributed by atoms with Crippen molar-refractivity contribution in [3.63, 3.8) is 0 Å². The Morgan fingerprint density at radius 2 is 1.83 bits per heavy atom. The Hall–Kier alpha value is -2.14. The summed E-state index contributed by atoms with van der Waals surface area (Å²) in [5.74, 6) is 0.0923. The summed E-state index contributed by atoms with van der Waals surface area (Å²) in [7, 11) is 0. The Labute approximate surface area is 136 Å². The van der Waals surface area contributed by atoms with Crippen LogP contribution in [-0.4, -0.2) is 45.9 Å². The molecule has 5 nitrogen and oxygen atoms in total. The number of ether oxygens (including phenoxy) is 1. The third-order valence-corrected chi connectivity index (χ3v) is 4.19. The molecule has 1 aromatic heterocycles. The number of hydrogen-bond acceptors (Lipinski definition) is 3. The van der Waals surface area contributed by atoms with E-state index in [2.05, 4.69) is 5.10 Å². The molecule has 0 bridgehead atoms. The minimum atomic E-state index is -0.315. The first-order valence-electron chi connectivity index (χ1n) is 8.08. The smallest absolute Gasteiger partial charge is 0.247 e. The molecule has 1 saturated heterocycles. The number of hydrogen-bond donors (Lipinski definition) is 0. The van der Waals surface area contributed by atoms with Crippen LogP contribution in [0.5, 0.6) is 0 Å². The Bertz CT molecular complexity index is 658. The number of aromatic nitrogens is 2. The molecule has 1 aromatic carbocycles. The molecule has 1 aliphatic heterocycles. The molecule has 3 atom stereocenters. The van der Waals surface area contributed by atoms with E-state index in [0.717, 1.165) is 11.1 Å². The van der Waals surface area contributed by atoms with Crippen molar-refractivity contribution in [3.05, 3.63) is 42.7 Å². The zero-order valence-electron chi connectivity index (χ0n) is 13.8. The second-order valence-corrected chi connectivity index (χ2v) is 6.25. The number of nitrogens with zero attached hydrogens (tertiary/aromatic N) is 3. The molecule has 122 valence electrons. The molecular formula is C18H23N3O2. The summed E-state index contributed by atoms with van der Waals surface area (Å²) in [5, 5.41) is 4.38. The SMILES string of the molecule is C[C@@H]1CN(C(=O)[C@H](C)n2cc(-c3ccccc3)cn2)C[C@@H](C)O1. The quantitative estimate of drug-likeness (QED) is 0.875. The number of carbonyl (C=O) groups is 1. The fourth-order valence-corrected chi connectivity index (χ4v) is 3.06. The van der Waals surface area contributed by atoms with Crippen LogP contribution in [0, 0.1) is 0 Å². The zero-order chi connectivity index (χ0) is 16.4.